The second-order valence-electron chi connectivity index (χ2n) is 5.07. The maximum absolute atomic E-state index is 11.5. The number of nitrogens with one attached hydrogen (secondary N) is 2. The summed E-state index contributed by atoms with van der Waals surface area (Å²) in [7, 11) is 1.90. The van der Waals surface area contributed by atoms with Gasteiger partial charge in [-0.1, -0.05) is 13.8 Å². The molecule has 0 aliphatic rings. The summed E-state index contributed by atoms with van der Waals surface area (Å²) in [6, 6.07) is 0.219. The van der Waals surface area contributed by atoms with Crippen LogP contribution in [0.3, 0.4) is 0 Å². The molecule has 0 fully saturated rings. The van der Waals surface area contributed by atoms with E-state index in [0.717, 1.165) is 12.1 Å². The van der Waals surface area contributed by atoms with E-state index in [9.17, 15) is 4.79 Å². The number of hydrogen-bond acceptors (Lipinski definition) is 3. The molecule has 102 valence electrons. The van der Waals surface area contributed by atoms with Crippen LogP contribution >= 0.6 is 0 Å². The van der Waals surface area contributed by atoms with Gasteiger partial charge in [-0.2, -0.15) is 5.10 Å². The van der Waals surface area contributed by atoms with Crippen LogP contribution in [0.15, 0.2) is 12.4 Å². The van der Waals surface area contributed by atoms with Gasteiger partial charge in [-0.15, -0.1) is 0 Å². The number of carbonyl (C=O) groups is 1. The van der Waals surface area contributed by atoms with Gasteiger partial charge < -0.3 is 10.6 Å². The Morgan fingerprint density at radius 2 is 2.17 bits per heavy atom. The molecular formula is C13H24N4O. The summed E-state index contributed by atoms with van der Waals surface area (Å²) in [6.07, 6.45) is 4.34. The van der Waals surface area contributed by atoms with Crippen molar-refractivity contribution in [3.63, 3.8) is 0 Å². The van der Waals surface area contributed by atoms with E-state index in [-0.39, 0.29) is 11.9 Å². The van der Waals surface area contributed by atoms with E-state index in [1.165, 1.54) is 0 Å². The van der Waals surface area contributed by atoms with Crippen molar-refractivity contribution in [3.8, 4) is 0 Å². The topological polar surface area (TPSA) is 59.0 Å². The van der Waals surface area contributed by atoms with Crippen molar-refractivity contribution in [1.29, 1.82) is 0 Å². The highest BCUT2D eigenvalue weighted by molar-refractivity contribution is 5.76. The van der Waals surface area contributed by atoms with Crippen molar-refractivity contribution in [1.82, 2.24) is 20.4 Å². The summed E-state index contributed by atoms with van der Waals surface area (Å²) in [5, 5.41) is 10.3. The fourth-order valence-electron chi connectivity index (χ4n) is 1.59. The van der Waals surface area contributed by atoms with Gasteiger partial charge in [0.1, 0.15) is 0 Å². The molecule has 0 aliphatic carbocycles. The maximum Gasteiger partial charge on any atom is 0.221 e. The largest absolute Gasteiger partial charge is 0.356 e. The van der Waals surface area contributed by atoms with Crippen LogP contribution in [-0.2, 0) is 11.8 Å². The lowest BCUT2D eigenvalue weighted by molar-refractivity contribution is -0.121. The van der Waals surface area contributed by atoms with Gasteiger partial charge >= 0.3 is 0 Å². The van der Waals surface area contributed by atoms with E-state index in [1.807, 2.05) is 19.4 Å². The van der Waals surface area contributed by atoms with Crippen LogP contribution in [0.25, 0.3) is 0 Å². The van der Waals surface area contributed by atoms with Crippen molar-refractivity contribution < 1.29 is 4.79 Å². The number of amides is 1. The summed E-state index contributed by atoms with van der Waals surface area (Å²) in [5.41, 5.74) is 1.14. The van der Waals surface area contributed by atoms with Crippen molar-refractivity contribution in [2.75, 3.05) is 13.1 Å². The molecule has 0 radical (unpaired) electrons. The fraction of sp³-hybridized carbons (Fsp3) is 0.692. The number of aromatic nitrogens is 2. The second kappa shape index (κ2) is 7.16. The van der Waals surface area contributed by atoms with Crippen LogP contribution in [0.1, 0.15) is 38.8 Å². The van der Waals surface area contributed by atoms with Crippen LogP contribution in [0.5, 0.6) is 0 Å². The Morgan fingerprint density at radius 3 is 2.72 bits per heavy atom. The standard InChI is InChI=1S/C13H24N4O/c1-10(2)7-15-13(18)5-6-14-11(3)12-8-16-17(4)9-12/h8-11,14H,5-7H2,1-4H3,(H,15,18). The monoisotopic (exact) mass is 252 g/mol. The van der Waals surface area contributed by atoms with Gasteiger partial charge in [0.25, 0.3) is 0 Å². The van der Waals surface area contributed by atoms with Gasteiger partial charge in [-0.25, -0.2) is 0 Å². The number of aryl methyl sites for hydroxylation is 1. The summed E-state index contributed by atoms with van der Waals surface area (Å²) >= 11 is 0. The van der Waals surface area contributed by atoms with Gasteiger partial charge in [-0.3, -0.25) is 9.48 Å². The first kappa shape index (κ1) is 14.7. The number of carbonyl (C=O) groups excluding carboxylic acids is 1. The average Bonchev–Trinajstić information content (AvgIpc) is 2.73. The molecule has 2 N–H and O–H groups in total. The normalized spacial score (nSPS) is 12.7. The molecule has 1 aromatic heterocycles. The molecule has 0 saturated carbocycles. The third kappa shape index (κ3) is 5.31. The molecule has 0 saturated heterocycles. The van der Waals surface area contributed by atoms with Crippen LogP contribution in [0.2, 0.25) is 0 Å². The van der Waals surface area contributed by atoms with Gasteiger partial charge in [0.2, 0.25) is 5.91 Å². The molecule has 1 rings (SSSR count). The molecule has 1 amide bonds. The maximum atomic E-state index is 11.5. The summed E-state index contributed by atoms with van der Waals surface area (Å²) in [4.78, 5) is 11.5. The Balaban J connectivity index is 2.19. The molecule has 5 nitrogen and oxygen atoms in total. The van der Waals surface area contributed by atoms with Crippen molar-refractivity contribution in [2.45, 2.75) is 33.2 Å². The zero-order valence-corrected chi connectivity index (χ0v) is 11.7. The molecule has 1 unspecified atom stereocenters. The summed E-state index contributed by atoms with van der Waals surface area (Å²) in [6.45, 7) is 7.67. The van der Waals surface area contributed by atoms with E-state index in [4.69, 9.17) is 0 Å². The highest BCUT2D eigenvalue weighted by atomic mass is 16.1. The Hall–Kier alpha value is -1.36. The first-order chi connectivity index (χ1) is 8.49. The van der Waals surface area contributed by atoms with E-state index in [0.29, 0.717) is 18.9 Å². The van der Waals surface area contributed by atoms with Crippen LogP contribution in [0.4, 0.5) is 0 Å². The predicted octanol–water partition coefficient (Wildman–Crippen LogP) is 1.23. The van der Waals surface area contributed by atoms with Gasteiger partial charge in [0, 0.05) is 44.4 Å². The number of nitrogens with zero attached hydrogens (tertiary/aromatic N) is 2. The van der Waals surface area contributed by atoms with Crippen molar-refractivity contribution in [3.05, 3.63) is 18.0 Å². The van der Waals surface area contributed by atoms with Crippen LogP contribution in [-0.4, -0.2) is 28.8 Å². The van der Waals surface area contributed by atoms with Crippen molar-refractivity contribution >= 4 is 5.91 Å². The predicted molar refractivity (Wildman–Crippen MR) is 72.1 cm³/mol. The third-order valence-electron chi connectivity index (χ3n) is 2.73. The molecular weight excluding hydrogens is 228 g/mol. The summed E-state index contributed by atoms with van der Waals surface area (Å²) in [5.74, 6) is 0.603. The first-order valence-electron chi connectivity index (χ1n) is 6.47. The van der Waals surface area contributed by atoms with E-state index in [1.54, 1.807) is 4.68 Å². The molecule has 0 aliphatic heterocycles. The molecule has 0 spiro atoms. The molecule has 1 aromatic rings. The van der Waals surface area contributed by atoms with Crippen molar-refractivity contribution in [2.24, 2.45) is 13.0 Å². The van der Waals surface area contributed by atoms with Gasteiger partial charge in [0.15, 0.2) is 0 Å². The minimum atomic E-state index is 0.106. The zero-order valence-electron chi connectivity index (χ0n) is 11.7. The fourth-order valence-corrected chi connectivity index (χ4v) is 1.59. The second-order valence-corrected chi connectivity index (χ2v) is 5.07. The van der Waals surface area contributed by atoms with E-state index < -0.39 is 0 Å². The molecule has 1 heterocycles. The lowest BCUT2D eigenvalue weighted by atomic mass is 10.2. The Kier molecular flexibility index (Phi) is 5.85. The smallest absolute Gasteiger partial charge is 0.221 e. The minimum Gasteiger partial charge on any atom is -0.356 e. The SMILES string of the molecule is CC(C)CNC(=O)CCNC(C)c1cnn(C)c1. The summed E-state index contributed by atoms with van der Waals surface area (Å²) < 4.78 is 1.78. The molecule has 0 bridgehead atoms. The van der Waals surface area contributed by atoms with Crippen LogP contribution in [0, 0.1) is 5.92 Å². The Bertz CT molecular complexity index is 373. The first-order valence-corrected chi connectivity index (χ1v) is 6.47. The average molecular weight is 252 g/mol. The molecule has 1 atom stereocenters. The molecule has 0 aromatic carbocycles. The lowest BCUT2D eigenvalue weighted by Gasteiger charge is -2.12. The zero-order chi connectivity index (χ0) is 13.5. The highest BCUT2D eigenvalue weighted by Gasteiger charge is 2.08. The Morgan fingerprint density at radius 1 is 1.44 bits per heavy atom. The molecule has 18 heavy (non-hydrogen) atoms. The van der Waals surface area contributed by atoms with E-state index in [2.05, 4.69) is 36.5 Å². The van der Waals surface area contributed by atoms with Crippen LogP contribution < -0.4 is 10.6 Å². The Labute approximate surface area is 109 Å². The quantitative estimate of drug-likeness (QED) is 0.767. The minimum absolute atomic E-state index is 0.106. The lowest BCUT2D eigenvalue weighted by Crippen LogP contribution is -2.31. The highest BCUT2D eigenvalue weighted by Crippen LogP contribution is 2.09. The van der Waals surface area contributed by atoms with Gasteiger partial charge in [0.05, 0.1) is 6.20 Å². The van der Waals surface area contributed by atoms with Gasteiger partial charge in [-0.05, 0) is 12.8 Å². The molecule has 5 heteroatoms. The third-order valence-corrected chi connectivity index (χ3v) is 2.73. The number of rotatable bonds is 7. The number of hydrogen-bond donors (Lipinski definition) is 2. The van der Waals surface area contributed by atoms with E-state index >= 15 is 0 Å².